The maximum absolute atomic E-state index is 12.7. The zero-order valence-corrected chi connectivity index (χ0v) is 16.0. The summed E-state index contributed by atoms with van der Waals surface area (Å²) in [7, 11) is 0. The van der Waals surface area contributed by atoms with Crippen molar-refractivity contribution in [2.75, 3.05) is 26.2 Å². The summed E-state index contributed by atoms with van der Waals surface area (Å²) < 4.78 is 0. The fourth-order valence-electron chi connectivity index (χ4n) is 3.10. The summed E-state index contributed by atoms with van der Waals surface area (Å²) in [5.41, 5.74) is 1.80. The largest absolute Gasteiger partial charge is 0.341 e. The van der Waals surface area contributed by atoms with E-state index in [1.54, 1.807) is 28.9 Å². The quantitative estimate of drug-likeness (QED) is 0.849. The molecule has 1 aromatic heterocycles. The van der Waals surface area contributed by atoms with E-state index in [4.69, 9.17) is 0 Å². The van der Waals surface area contributed by atoms with Gasteiger partial charge < -0.3 is 15.1 Å². The van der Waals surface area contributed by atoms with Crippen molar-refractivity contribution in [2.24, 2.45) is 0 Å². The molecule has 1 atom stereocenters. The third-order valence-corrected chi connectivity index (χ3v) is 4.66. The zero-order valence-electron chi connectivity index (χ0n) is 16.0. The van der Waals surface area contributed by atoms with Crippen LogP contribution in [-0.4, -0.2) is 69.7 Å². The van der Waals surface area contributed by atoms with Crippen LogP contribution in [0.1, 0.15) is 33.3 Å². The minimum absolute atomic E-state index is 0.160. The maximum Gasteiger partial charge on any atom is 0.274 e. The first-order valence-corrected chi connectivity index (χ1v) is 9.17. The first-order chi connectivity index (χ1) is 13.5. The molecule has 146 valence electrons. The van der Waals surface area contributed by atoms with Crippen molar-refractivity contribution in [3.05, 3.63) is 59.7 Å². The van der Waals surface area contributed by atoms with E-state index in [-0.39, 0.29) is 17.7 Å². The predicted molar refractivity (Wildman–Crippen MR) is 103 cm³/mol. The summed E-state index contributed by atoms with van der Waals surface area (Å²) in [4.78, 5) is 48.7. The molecule has 2 aromatic rings. The zero-order chi connectivity index (χ0) is 20.1. The number of rotatable bonds is 4. The lowest BCUT2D eigenvalue weighted by molar-refractivity contribution is -0.134. The Morgan fingerprint density at radius 1 is 1.07 bits per heavy atom. The van der Waals surface area contributed by atoms with Crippen LogP contribution >= 0.6 is 0 Å². The molecule has 2 heterocycles. The molecule has 0 aliphatic carbocycles. The number of piperazine rings is 1. The van der Waals surface area contributed by atoms with Crippen molar-refractivity contribution in [1.29, 1.82) is 0 Å². The van der Waals surface area contributed by atoms with Gasteiger partial charge in [-0.25, -0.2) is 4.98 Å². The van der Waals surface area contributed by atoms with E-state index in [1.807, 2.05) is 19.1 Å². The van der Waals surface area contributed by atoms with Gasteiger partial charge in [-0.15, -0.1) is 0 Å². The van der Waals surface area contributed by atoms with Gasteiger partial charge in [0.25, 0.3) is 11.8 Å². The highest BCUT2D eigenvalue weighted by Gasteiger charge is 2.28. The van der Waals surface area contributed by atoms with Crippen LogP contribution in [0.25, 0.3) is 0 Å². The number of aromatic nitrogens is 2. The van der Waals surface area contributed by atoms with Gasteiger partial charge in [-0.2, -0.15) is 0 Å². The van der Waals surface area contributed by atoms with Gasteiger partial charge in [0, 0.05) is 44.1 Å². The Morgan fingerprint density at radius 3 is 2.43 bits per heavy atom. The Kier molecular flexibility index (Phi) is 5.98. The number of amides is 3. The van der Waals surface area contributed by atoms with Crippen LogP contribution in [0.2, 0.25) is 0 Å². The molecule has 8 nitrogen and oxygen atoms in total. The SMILES string of the molecule is Cc1cccc(C(=O)NC(C)C(=O)N2CCN(C(=O)c3cnccn3)CC2)c1. The predicted octanol–water partition coefficient (Wildman–Crippen LogP) is 0.888. The topological polar surface area (TPSA) is 95.5 Å². The molecule has 1 aliphatic rings. The summed E-state index contributed by atoms with van der Waals surface area (Å²) >= 11 is 0. The molecule has 1 N–H and O–H groups in total. The second kappa shape index (κ2) is 8.60. The smallest absolute Gasteiger partial charge is 0.274 e. The monoisotopic (exact) mass is 381 g/mol. The lowest BCUT2D eigenvalue weighted by Gasteiger charge is -2.35. The van der Waals surface area contributed by atoms with Crippen molar-refractivity contribution >= 4 is 17.7 Å². The first kappa shape index (κ1) is 19.5. The number of carbonyl (C=O) groups excluding carboxylic acids is 3. The molecule has 1 saturated heterocycles. The van der Waals surface area contributed by atoms with Crippen LogP contribution in [0, 0.1) is 6.92 Å². The molecule has 1 aliphatic heterocycles. The summed E-state index contributed by atoms with van der Waals surface area (Å²) in [5.74, 6) is -0.630. The molecular weight excluding hydrogens is 358 g/mol. The van der Waals surface area contributed by atoms with Gasteiger partial charge in [0.2, 0.25) is 5.91 Å². The first-order valence-electron chi connectivity index (χ1n) is 9.17. The van der Waals surface area contributed by atoms with Crippen LogP contribution in [0.4, 0.5) is 0 Å². The molecule has 3 rings (SSSR count). The Hall–Kier alpha value is -3.29. The number of hydrogen-bond acceptors (Lipinski definition) is 5. The number of nitrogens with zero attached hydrogens (tertiary/aromatic N) is 4. The van der Waals surface area contributed by atoms with E-state index >= 15 is 0 Å². The average molecular weight is 381 g/mol. The minimum atomic E-state index is -0.643. The van der Waals surface area contributed by atoms with Crippen molar-refractivity contribution in [3.63, 3.8) is 0 Å². The van der Waals surface area contributed by atoms with Crippen LogP contribution in [-0.2, 0) is 4.79 Å². The van der Waals surface area contributed by atoms with Crippen LogP contribution in [0.3, 0.4) is 0 Å². The third-order valence-electron chi connectivity index (χ3n) is 4.66. The Morgan fingerprint density at radius 2 is 1.79 bits per heavy atom. The molecule has 1 unspecified atom stereocenters. The number of hydrogen-bond donors (Lipinski definition) is 1. The molecule has 8 heteroatoms. The Bertz CT molecular complexity index is 863. The summed E-state index contributed by atoms with van der Waals surface area (Å²) in [6.45, 7) is 5.24. The number of benzene rings is 1. The van der Waals surface area contributed by atoms with Crippen LogP contribution in [0.15, 0.2) is 42.9 Å². The van der Waals surface area contributed by atoms with Gasteiger partial charge in [0.15, 0.2) is 0 Å². The molecule has 3 amide bonds. The van der Waals surface area contributed by atoms with Gasteiger partial charge in [-0.05, 0) is 26.0 Å². The number of carbonyl (C=O) groups is 3. The van der Waals surface area contributed by atoms with Gasteiger partial charge in [-0.3, -0.25) is 19.4 Å². The highest BCUT2D eigenvalue weighted by atomic mass is 16.2. The molecular formula is C20H23N5O3. The van der Waals surface area contributed by atoms with Gasteiger partial charge in [0.1, 0.15) is 11.7 Å². The number of nitrogens with one attached hydrogen (secondary N) is 1. The standard InChI is InChI=1S/C20H23N5O3/c1-14-4-3-5-16(12-14)18(26)23-15(2)19(27)24-8-10-25(11-9-24)20(28)17-13-21-6-7-22-17/h3-7,12-13,15H,8-11H2,1-2H3,(H,23,26). The molecule has 1 aromatic carbocycles. The van der Waals surface area contributed by atoms with Crippen LogP contribution in [0.5, 0.6) is 0 Å². The van der Waals surface area contributed by atoms with Crippen molar-refractivity contribution in [1.82, 2.24) is 25.1 Å². The highest BCUT2D eigenvalue weighted by molar-refractivity contribution is 5.97. The second-order valence-electron chi connectivity index (χ2n) is 6.77. The lowest BCUT2D eigenvalue weighted by atomic mass is 10.1. The minimum Gasteiger partial charge on any atom is -0.341 e. The Labute approximate surface area is 163 Å². The fraction of sp³-hybridized carbons (Fsp3) is 0.350. The molecule has 0 spiro atoms. The fourth-order valence-corrected chi connectivity index (χ4v) is 3.10. The van der Waals surface area contributed by atoms with Crippen LogP contribution < -0.4 is 5.32 Å². The van der Waals surface area contributed by atoms with E-state index in [9.17, 15) is 14.4 Å². The average Bonchev–Trinajstić information content (AvgIpc) is 2.73. The molecule has 0 bridgehead atoms. The van der Waals surface area contributed by atoms with Crippen molar-refractivity contribution < 1.29 is 14.4 Å². The molecule has 0 saturated carbocycles. The van der Waals surface area contributed by atoms with E-state index in [0.717, 1.165) is 5.56 Å². The maximum atomic E-state index is 12.7. The summed E-state index contributed by atoms with van der Waals surface area (Å²) in [5, 5.41) is 2.75. The van der Waals surface area contributed by atoms with E-state index < -0.39 is 6.04 Å². The molecule has 28 heavy (non-hydrogen) atoms. The lowest BCUT2D eigenvalue weighted by Crippen LogP contribution is -2.55. The Balaban J connectivity index is 1.53. The summed E-state index contributed by atoms with van der Waals surface area (Å²) in [6.07, 6.45) is 4.42. The van der Waals surface area contributed by atoms with Crippen molar-refractivity contribution in [3.8, 4) is 0 Å². The van der Waals surface area contributed by atoms with Crippen molar-refractivity contribution in [2.45, 2.75) is 19.9 Å². The second-order valence-corrected chi connectivity index (χ2v) is 6.77. The molecule has 0 radical (unpaired) electrons. The normalized spacial score (nSPS) is 15.1. The van der Waals surface area contributed by atoms with Gasteiger partial charge in [-0.1, -0.05) is 17.7 Å². The number of aryl methyl sites for hydroxylation is 1. The van der Waals surface area contributed by atoms with E-state index in [0.29, 0.717) is 37.4 Å². The van der Waals surface area contributed by atoms with Gasteiger partial charge in [0.05, 0.1) is 6.20 Å². The summed E-state index contributed by atoms with van der Waals surface area (Å²) in [6, 6.07) is 6.58. The van der Waals surface area contributed by atoms with E-state index in [1.165, 1.54) is 18.6 Å². The van der Waals surface area contributed by atoms with E-state index in [2.05, 4.69) is 15.3 Å². The highest BCUT2D eigenvalue weighted by Crippen LogP contribution is 2.09. The molecule has 1 fully saturated rings. The third kappa shape index (κ3) is 4.51. The van der Waals surface area contributed by atoms with Gasteiger partial charge >= 0.3 is 0 Å².